The number of fused-ring (bicyclic) bond motifs is 2. The highest BCUT2D eigenvalue weighted by atomic mass is 32.2. The summed E-state index contributed by atoms with van der Waals surface area (Å²) < 4.78 is 39.2. The molecule has 1 aliphatic rings. The second-order valence-corrected chi connectivity index (χ2v) is 6.36. The first-order valence-electron chi connectivity index (χ1n) is 9.38. The lowest BCUT2D eigenvalue weighted by Gasteiger charge is -2.16. The number of hydrogen-bond acceptors (Lipinski definition) is 5. The molecular weight excluding hydrogens is 352 g/mol. The lowest BCUT2D eigenvalue weighted by molar-refractivity contribution is 0.0979. The van der Waals surface area contributed by atoms with Crippen molar-refractivity contribution in [3.05, 3.63) is 70.8 Å². The number of rotatable bonds is 1. The first kappa shape index (κ1) is 21.7. The van der Waals surface area contributed by atoms with Gasteiger partial charge in [-0.1, -0.05) is 77.2 Å². The van der Waals surface area contributed by atoms with Gasteiger partial charge in [-0.3, -0.25) is 13.8 Å². The maximum Gasteiger partial charge on any atom is 0.264 e. The second kappa shape index (κ2) is 11.3. The molecule has 146 valence electrons. The lowest BCUT2D eigenvalue weighted by Crippen LogP contribution is -2.20. The van der Waals surface area contributed by atoms with E-state index in [0.29, 0.717) is 22.3 Å². The van der Waals surface area contributed by atoms with Crippen molar-refractivity contribution in [3.63, 3.8) is 0 Å². The van der Waals surface area contributed by atoms with Crippen molar-refractivity contribution in [2.75, 3.05) is 13.4 Å². The van der Waals surface area contributed by atoms with Crippen molar-refractivity contribution in [3.8, 4) is 0 Å². The number of ketones is 2. The minimum absolute atomic E-state index is 0. The lowest BCUT2D eigenvalue weighted by atomic mass is 9.84. The topological polar surface area (TPSA) is 77.5 Å². The first-order valence-corrected chi connectivity index (χ1v) is 9.20. The van der Waals surface area contributed by atoms with Gasteiger partial charge in [-0.25, -0.2) is 0 Å². The number of carbonyl (C=O) groups is 2. The van der Waals surface area contributed by atoms with Crippen LogP contribution in [0.5, 0.6) is 0 Å². The summed E-state index contributed by atoms with van der Waals surface area (Å²) in [4.78, 5) is 24.2. The molecule has 0 bridgehead atoms. The van der Waals surface area contributed by atoms with Crippen LogP contribution in [0, 0.1) is 0 Å². The third kappa shape index (κ3) is 6.20. The van der Waals surface area contributed by atoms with Crippen LogP contribution < -0.4 is 0 Å². The van der Waals surface area contributed by atoms with Gasteiger partial charge in [0.2, 0.25) is 0 Å². The number of hydrogen-bond donors (Lipinski definition) is 0. The molecule has 2 aromatic carbocycles. The van der Waals surface area contributed by atoms with Gasteiger partial charge < -0.3 is 0 Å². The summed E-state index contributed by atoms with van der Waals surface area (Å²) in [7, 11) is -0.792. The van der Waals surface area contributed by atoms with Crippen molar-refractivity contribution in [2.45, 2.75) is 28.7 Å². The van der Waals surface area contributed by atoms with Crippen LogP contribution in [0.15, 0.2) is 48.5 Å². The van der Waals surface area contributed by atoms with Gasteiger partial charge in [0.1, 0.15) is 0 Å². The standard InChI is InChI=1S/C14H8O2.C2H6O3S.C2H6.2CH4.H2/c15-13-9-5-1-2-6-10(9)14(16)12-8-4-3-7-11(12)13;1-5-6(2,3)4;1-2;;;/h1-8H;1-2H3;1-2H3;2*1H4;1H/i;;;1D;;1+1D. The van der Waals surface area contributed by atoms with Gasteiger partial charge >= 0.3 is 0 Å². The Morgan fingerprint density at radius 2 is 1.04 bits per heavy atom. The molecule has 0 radical (unpaired) electrons. The normalized spacial score (nSPS) is 11.7. The van der Waals surface area contributed by atoms with E-state index in [-0.39, 0.29) is 19.0 Å². The Bertz CT molecular complexity index is 747. The summed E-state index contributed by atoms with van der Waals surface area (Å²) in [6, 6.07) is 13.9. The third-order valence-electron chi connectivity index (χ3n) is 3.14. The van der Waals surface area contributed by atoms with Gasteiger partial charge in [-0.05, 0) is 0 Å². The Morgan fingerprint density at radius 1 is 0.846 bits per heavy atom. The minimum atomic E-state index is -3.16. The van der Waals surface area contributed by atoms with Gasteiger partial charge in [0, 0.05) is 26.6 Å². The fraction of sp³-hybridized carbons (Fsp3) is 0.300. The van der Waals surface area contributed by atoms with E-state index >= 15 is 0 Å². The van der Waals surface area contributed by atoms with Crippen LogP contribution in [0.2, 0.25) is 0 Å². The smallest absolute Gasteiger partial charge is 0.264 e. The average Bonchev–Trinajstić information content (AvgIpc) is 2.76. The zero-order valence-electron chi connectivity index (χ0n) is 18.1. The fourth-order valence-corrected chi connectivity index (χ4v) is 2.05. The highest BCUT2D eigenvalue weighted by molar-refractivity contribution is 7.85. The Balaban J connectivity index is -0.000000445. The Labute approximate surface area is 161 Å². The van der Waals surface area contributed by atoms with Crippen LogP contribution in [-0.4, -0.2) is 33.3 Å². The van der Waals surface area contributed by atoms with E-state index in [1.165, 1.54) is 7.40 Å². The SMILES string of the molecule is C.CC.COS(C)(=O)=O.O=C1c2ccccc2C(=O)c2ccccc21.[2H]C.[2H][2H]. The fourth-order valence-electron chi connectivity index (χ4n) is 2.05. The summed E-state index contributed by atoms with van der Waals surface area (Å²) in [5.74, 6) is -0.128. The predicted octanol–water partition coefficient (Wildman–Crippen LogP) is 4.60. The monoisotopic (exact) mass is 385 g/mol. The summed E-state index contributed by atoms with van der Waals surface area (Å²) in [5, 5.41) is 0. The first-order chi connectivity index (χ1) is 13.3. The average molecular weight is 386 g/mol. The van der Waals surface area contributed by atoms with Gasteiger partial charge in [-0.15, -0.1) is 0 Å². The summed E-state index contributed by atoms with van der Waals surface area (Å²) in [6.07, 6.45) is 0.993. The Hall–Kier alpha value is -2.31. The largest absolute Gasteiger partial charge is 0.289 e. The molecule has 2 aromatic rings. The van der Waals surface area contributed by atoms with Crippen molar-refractivity contribution >= 4 is 21.7 Å². The van der Waals surface area contributed by atoms with Crippen LogP contribution in [0.1, 0.15) is 64.9 Å². The molecule has 0 saturated heterocycles. The number of carbonyl (C=O) groups excluding carboxylic acids is 2. The van der Waals surface area contributed by atoms with Crippen LogP contribution in [0.25, 0.3) is 0 Å². The van der Waals surface area contributed by atoms with Crippen LogP contribution in [0.3, 0.4) is 0 Å². The summed E-state index contributed by atoms with van der Waals surface area (Å²) >= 11 is 0. The zero-order chi connectivity index (χ0) is 22.3. The van der Waals surface area contributed by atoms with Crippen LogP contribution in [-0.2, 0) is 14.3 Å². The van der Waals surface area contributed by atoms with Gasteiger partial charge in [0.25, 0.3) is 10.1 Å². The molecule has 0 fully saturated rings. The van der Waals surface area contributed by atoms with E-state index in [0.717, 1.165) is 13.4 Å². The second-order valence-electron chi connectivity index (χ2n) is 4.62. The Kier molecular flexibility index (Phi) is 9.47. The zero-order valence-corrected chi connectivity index (χ0v) is 15.9. The molecule has 0 atom stereocenters. The van der Waals surface area contributed by atoms with E-state index in [4.69, 9.17) is 4.34 Å². The van der Waals surface area contributed by atoms with Gasteiger partial charge in [0.15, 0.2) is 11.6 Å². The molecule has 0 heterocycles. The predicted molar refractivity (Wildman–Crippen MR) is 109 cm³/mol. The molecule has 0 saturated carbocycles. The van der Waals surface area contributed by atoms with E-state index in [9.17, 15) is 18.0 Å². The maximum atomic E-state index is 12.1. The molecule has 0 spiro atoms. The molecule has 26 heavy (non-hydrogen) atoms. The molecule has 0 amide bonds. The van der Waals surface area contributed by atoms with Crippen LogP contribution in [0.4, 0.5) is 0 Å². The quantitative estimate of drug-likeness (QED) is 0.572. The third-order valence-corrected chi connectivity index (χ3v) is 3.74. The van der Waals surface area contributed by atoms with E-state index < -0.39 is 10.1 Å². The molecule has 0 aromatic heterocycles. The van der Waals surface area contributed by atoms with Crippen molar-refractivity contribution < 1.29 is 26.5 Å². The molecular formula is C20H30O5S. The summed E-state index contributed by atoms with van der Waals surface area (Å²) in [5.41, 5.74) is 2.02. The summed E-state index contributed by atoms with van der Waals surface area (Å²) in [6.45, 7) is 4.00. The Morgan fingerprint density at radius 3 is 1.19 bits per heavy atom. The molecule has 3 rings (SSSR count). The van der Waals surface area contributed by atoms with E-state index in [1.807, 2.05) is 13.8 Å². The van der Waals surface area contributed by atoms with Crippen molar-refractivity contribution in [1.29, 1.82) is 0 Å². The maximum absolute atomic E-state index is 12.1. The molecule has 5 nitrogen and oxygen atoms in total. The van der Waals surface area contributed by atoms with Gasteiger partial charge in [0.05, 0.1) is 13.4 Å². The van der Waals surface area contributed by atoms with E-state index in [2.05, 4.69) is 4.18 Å². The van der Waals surface area contributed by atoms with Crippen molar-refractivity contribution in [1.82, 2.24) is 0 Å². The highest BCUT2D eigenvalue weighted by Gasteiger charge is 2.28. The van der Waals surface area contributed by atoms with Crippen LogP contribution >= 0.6 is 0 Å². The molecule has 6 heteroatoms. The molecule has 1 aliphatic carbocycles. The van der Waals surface area contributed by atoms with Gasteiger partial charge in [-0.2, -0.15) is 8.42 Å². The highest BCUT2D eigenvalue weighted by Crippen LogP contribution is 2.26. The number of benzene rings is 2. The molecule has 0 N–H and O–H groups in total. The van der Waals surface area contributed by atoms with E-state index in [1.54, 1.807) is 48.5 Å². The molecule has 0 unspecified atom stereocenters. The van der Waals surface area contributed by atoms with Crippen molar-refractivity contribution in [2.24, 2.45) is 0 Å². The minimum Gasteiger partial charge on any atom is -0.289 e. The molecule has 0 aliphatic heterocycles.